The third kappa shape index (κ3) is 3.02. The number of rotatable bonds is 5. The van der Waals surface area contributed by atoms with E-state index in [1.54, 1.807) is 20.8 Å². The summed E-state index contributed by atoms with van der Waals surface area (Å²) in [6.07, 6.45) is -0.299. The van der Waals surface area contributed by atoms with Crippen molar-refractivity contribution in [3.05, 3.63) is 12.7 Å². The first-order chi connectivity index (χ1) is 8.32. The highest BCUT2D eigenvalue weighted by Gasteiger charge is 2.45. The molecule has 2 atom stereocenters. The van der Waals surface area contributed by atoms with Gasteiger partial charge in [-0.15, -0.1) is 6.58 Å². The van der Waals surface area contributed by atoms with Gasteiger partial charge in [0.05, 0.1) is 6.61 Å². The van der Waals surface area contributed by atoms with E-state index in [1.807, 2.05) is 0 Å². The largest absolute Gasteiger partial charge is 0.461 e. The fourth-order valence-electron chi connectivity index (χ4n) is 1.61. The third-order valence-corrected chi connectivity index (χ3v) is 2.35. The van der Waals surface area contributed by atoms with Crippen LogP contribution in [0.25, 0.3) is 0 Å². The quantitative estimate of drug-likeness (QED) is 0.340. The van der Waals surface area contributed by atoms with Gasteiger partial charge in [0.25, 0.3) is 0 Å². The molecule has 1 fully saturated rings. The van der Waals surface area contributed by atoms with Gasteiger partial charge < -0.3 is 14.2 Å². The summed E-state index contributed by atoms with van der Waals surface area (Å²) in [7, 11) is 0. The Bertz CT molecular complexity index is 388. The first-order valence-corrected chi connectivity index (χ1v) is 5.60. The molecule has 1 aliphatic heterocycles. The predicted octanol–water partition coefficient (Wildman–Crippen LogP) is 0.844. The van der Waals surface area contributed by atoms with Crippen molar-refractivity contribution in [2.45, 2.75) is 38.8 Å². The maximum atomic E-state index is 11.9. The molecule has 0 aromatic carbocycles. The summed E-state index contributed by atoms with van der Waals surface area (Å²) in [5.74, 6) is -2.67. The molecule has 1 heterocycles. The van der Waals surface area contributed by atoms with E-state index >= 15 is 0 Å². The fraction of sp³-hybridized carbons (Fsp3) is 0.583. The average molecular weight is 255 g/mol. The third-order valence-electron chi connectivity index (χ3n) is 2.35. The Morgan fingerprint density at radius 1 is 1.44 bits per heavy atom. The van der Waals surface area contributed by atoms with Crippen molar-refractivity contribution >= 4 is 17.5 Å². The first-order valence-electron chi connectivity index (χ1n) is 5.60. The summed E-state index contributed by atoms with van der Waals surface area (Å²) >= 11 is 0. The van der Waals surface area contributed by atoms with Gasteiger partial charge in [0.1, 0.15) is 6.10 Å². The Hall–Kier alpha value is -1.53. The van der Waals surface area contributed by atoms with Crippen LogP contribution in [0.2, 0.25) is 0 Å². The normalized spacial score (nSPS) is 25.5. The molecule has 0 radical (unpaired) electrons. The van der Waals surface area contributed by atoms with Crippen LogP contribution in [0.1, 0.15) is 20.8 Å². The molecule has 0 unspecified atom stereocenters. The molecule has 18 heavy (non-hydrogen) atoms. The zero-order valence-corrected chi connectivity index (χ0v) is 10.7. The van der Waals surface area contributed by atoms with E-state index in [0.717, 1.165) is 0 Å². The van der Waals surface area contributed by atoms with Gasteiger partial charge >= 0.3 is 5.97 Å². The highest BCUT2D eigenvalue weighted by Crippen LogP contribution is 2.29. The summed E-state index contributed by atoms with van der Waals surface area (Å²) in [4.78, 5) is 23.2. The van der Waals surface area contributed by atoms with Crippen molar-refractivity contribution in [2.24, 2.45) is 0 Å². The van der Waals surface area contributed by atoms with Gasteiger partial charge in [-0.2, -0.15) is 0 Å². The van der Waals surface area contributed by atoms with Crippen LogP contribution in [0.4, 0.5) is 0 Å². The Kier molecular flexibility index (Phi) is 4.37. The van der Waals surface area contributed by atoms with Gasteiger partial charge in [0.2, 0.25) is 5.78 Å². The van der Waals surface area contributed by atoms with Gasteiger partial charge in [-0.25, -0.2) is 4.79 Å². The minimum absolute atomic E-state index is 0.104. The van der Waals surface area contributed by atoms with Crippen molar-refractivity contribution < 1.29 is 23.8 Å². The lowest BCUT2D eigenvalue weighted by Gasteiger charge is -2.16. The predicted molar refractivity (Wildman–Crippen MR) is 63.4 cm³/mol. The van der Waals surface area contributed by atoms with Crippen LogP contribution in [0, 0.1) is 5.41 Å². The van der Waals surface area contributed by atoms with Gasteiger partial charge in [-0.3, -0.25) is 10.2 Å². The van der Waals surface area contributed by atoms with E-state index in [2.05, 4.69) is 11.3 Å². The highest BCUT2D eigenvalue weighted by molar-refractivity contribution is 6.64. The second-order valence-electron chi connectivity index (χ2n) is 4.22. The van der Waals surface area contributed by atoms with E-state index in [9.17, 15) is 9.59 Å². The summed E-state index contributed by atoms with van der Waals surface area (Å²) < 4.78 is 15.4. The molecule has 6 nitrogen and oxygen atoms in total. The molecule has 0 aliphatic carbocycles. The van der Waals surface area contributed by atoms with E-state index < -0.39 is 35.5 Å². The summed E-state index contributed by atoms with van der Waals surface area (Å²) in [6.45, 7) is 8.53. The number of hydrogen-bond acceptors (Lipinski definition) is 6. The molecule has 1 rings (SSSR count). The van der Waals surface area contributed by atoms with Gasteiger partial charge in [-0.1, -0.05) is 6.08 Å². The number of carbonyl (C=O) groups excluding carboxylic acids is 2. The van der Waals surface area contributed by atoms with E-state index in [-0.39, 0.29) is 6.61 Å². The summed E-state index contributed by atoms with van der Waals surface area (Å²) in [5, 5.41) is 7.47. The number of nitrogens with one attached hydrogen (secondary N) is 1. The zero-order chi connectivity index (χ0) is 13.9. The number of Topliss-reactive ketones (excluding diaryl/α,β-unsaturated/α-hetero) is 1. The molecule has 1 N–H and O–H groups in total. The van der Waals surface area contributed by atoms with Crippen molar-refractivity contribution in [1.29, 1.82) is 5.41 Å². The topological polar surface area (TPSA) is 85.7 Å². The number of ketones is 1. The lowest BCUT2D eigenvalue weighted by atomic mass is 10.1. The second-order valence-corrected chi connectivity index (χ2v) is 4.22. The molecular weight excluding hydrogens is 238 g/mol. The molecule has 1 saturated heterocycles. The number of ether oxygens (including phenoxy) is 3. The molecule has 0 aromatic rings. The lowest BCUT2D eigenvalue weighted by molar-refractivity contribution is -0.151. The van der Waals surface area contributed by atoms with E-state index in [1.165, 1.54) is 6.08 Å². The molecule has 6 heteroatoms. The number of hydrogen-bond donors (Lipinski definition) is 1. The van der Waals surface area contributed by atoms with Crippen molar-refractivity contribution in [2.75, 3.05) is 6.61 Å². The zero-order valence-electron chi connectivity index (χ0n) is 10.7. The van der Waals surface area contributed by atoms with Crippen LogP contribution >= 0.6 is 0 Å². The van der Waals surface area contributed by atoms with Gasteiger partial charge in [0.15, 0.2) is 17.6 Å². The maximum absolute atomic E-state index is 11.9. The van der Waals surface area contributed by atoms with Crippen molar-refractivity contribution in [3.8, 4) is 0 Å². The lowest BCUT2D eigenvalue weighted by Crippen LogP contribution is -2.39. The molecule has 0 bridgehead atoms. The number of carbonyl (C=O) groups is 2. The Morgan fingerprint density at radius 3 is 2.56 bits per heavy atom. The minimum atomic E-state index is -1.03. The number of esters is 1. The smallest absolute Gasteiger partial charge is 0.360 e. The van der Waals surface area contributed by atoms with Crippen LogP contribution in [0.3, 0.4) is 0 Å². The van der Waals surface area contributed by atoms with E-state index in [0.29, 0.717) is 0 Å². The molecule has 100 valence electrons. The molecule has 1 aliphatic rings. The minimum Gasteiger partial charge on any atom is -0.461 e. The molecular formula is C12H17NO5. The Morgan fingerprint density at radius 2 is 2.06 bits per heavy atom. The Labute approximate surface area is 105 Å². The van der Waals surface area contributed by atoms with Crippen molar-refractivity contribution in [1.82, 2.24) is 0 Å². The summed E-state index contributed by atoms with van der Waals surface area (Å²) in [5.41, 5.74) is -0.741. The fourth-order valence-corrected chi connectivity index (χ4v) is 1.61. The molecule has 0 saturated carbocycles. The molecule has 0 spiro atoms. The van der Waals surface area contributed by atoms with Gasteiger partial charge in [-0.05, 0) is 20.8 Å². The Balaban J connectivity index is 2.80. The van der Waals surface area contributed by atoms with Crippen molar-refractivity contribution in [3.63, 3.8) is 0 Å². The van der Waals surface area contributed by atoms with Crippen LogP contribution in [0.15, 0.2) is 12.7 Å². The standard InChI is InChI=1S/C12H17NO5/c1-5-7-10(18-12(3,4)17-7)9(14)8(13)11(15)16-6-2/h5,7,10,13H,1,6H2,2-4H3/t7-,10-/m0/s1. The average Bonchev–Trinajstić information content (AvgIpc) is 2.63. The second kappa shape index (κ2) is 5.41. The highest BCUT2D eigenvalue weighted by atomic mass is 16.8. The monoisotopic (exact) mass is 255 g/mol. The van der Waals surface area contributed by atoms with Crippen LogP contribution in [-0.4, -0.2) is 42.1 Å². The van der Waals surface area contributed by atoms with Gasteiger partial charge in [0, 0.05) is 0 Å². The van der Waals surface area contributed by atoms with Crippen LogP contribution in [-0.2, 0) is 23.8 Å². The maximum Gasteiger partial charge on any atom is 0.360 e. The first kappa shape index (κ1) is 14.5. The molecule has 0 aromatic heterocycles. The summed E-state index contributed by atoms with van der Waals surface area (Å²) in [6, 6.07) is 0. The molecule has 0 amide bonds. The van der Waals surface area contributed by atoms with Crippen LogP contribution < -0.4 is 0 Å². The van der Waals surface area contributed by atoms with E-state index in [4.69, 9.17) is 14.9 Å². The van der Waals surface area contributed by atoms with Crippen LogP contribution in [0.5, 0.6) is 0 Å². The SMILES string of the molecule is C=C[C@@H]1OC(C)(C)O[C@@H]1C(=O)C(=N)C(=O)OCC.